The standard InChI is InChI=1S/C15H23N3O/c1-3-17-15(19)11-7-8-12(16)14(9-11)18-13-6-4-5-10(13)2/h7-10,13,18H,3-6,16H2,1-2H3,(H,17,19). The molecule has 0 radical (unpaired) electrons. The molecule has 1 saturated carbocycles. The lowest BCUT2D eigenvalue weighted by Gasteiger charge is -2.20. The van der Waals surface area contributed by atoms with Crippen LogP contribution in [0.2, 0.25) is 0 Å². The average molecular weight is 261 g/mol. The number of nitrogens with one attached hydrogen (secondary N) is 2. The van der Waals surface area contributed by atoms with Gasteiger partial charge >= 0.3 is 0 Å². The number of rotatable bonds is 4. The Bertz CT molecular complexity index is 459. The lowest BCUT2D eigenvalue weighted by atomic mass is 10.1. The van der Waals surface area contributed by atoms with E-state index in [1.165, 1.54) is 19.3 Å². The molecule has 1 aromatic rings. The largest absolute Gasteiger partial charge is 0.397 e. The van der Waals surface area contributed by atoms with E-state index in [-0.39, 0.29) is 5.91 Å². The van der Waals surface area contributed by atoms with E-state index in [9.17, 15) is 4.79 Å². The Balaban J connectivity index is 2.15. The molecule has 0 saturated heterocycles. The first-order valence-electron chi connectivity index (χ1n) is 7.06. The zero-order valence-electron chi connectivity index (χ0n) is 11.7. The van der Waals surface area contributed by atoms with Gasteiger partial charge in [-0.05, 0) is 43.9 Å². The molecule has 2 unspecified atom stereocenters. The molecule has 2 rings (SSSR count). The molecule has 4 nitrogen and oxygen atoms in total. The number of anilines is 2. The fraction of sp³-hybridized carbons (Fsp3) is 0.533. The molecule has 0 heterocycles. The first-order valence-corrected chi connectivity index (χ1v) is 7.06. The Hall–Kier alpha value is -1.71. The van der Waals surface area contributed by atoms with Crippen molar-refractivity contribution < 1.29 is 4.79 Å². The minimum atomic E-state index is -0.0509. The zero-order valence-corrected chi connectivity index (χ0v) is 11.7. The van der Waals surface area contributed by atoms with Crippen LogP contribution >= 0.6 is 0 Å². The van der Waals surface area contributed by atoms with E-state index in [0.29, 0.717) is 29.8 Å². The van der Waals surface area contributed by atoms with E-state index in [4.69, 9.17) is 5.73 Å². The molecule has 0 aromatic heterocycles. The highest BCUT2D eigenvalue weighted by Crippen LogP contribution is 2.30. The first-order chi connectivity index (χ1) is 9.11. The fourth-order valence-corrected chi connectivity index (χ4v) is 2.64. The van der Waals surface area contributed by atoms with Gasteiger partial charge in [0.2, 0.25) is 0 Å². The van der Waals surface area contributed by atoms with E-state index in [1.54, 1.807) is 12.1 Å². The van der Waals surface area contributed by atoms with Crippen molar-refractivity contribution in [2.45, 2.75) is 39.2 Å². The van der Waals surface area contributed by atoms with E-state index < -0.39 is 0 Å². The number of amides is 1. The second-order valence-corrected chi connectivity index (χ2v) is 5.32. The summed E-state index contributed by atoms with van der Waals surface area (Å²) in [6.45, 7) is 4.80. The van der Waals surface area contributed by atoms with Crippen LogP contribution in [0.25, 0.3) is 0 Å². The van der Waals surface area contributed by atoms with E-state index in [1.807, 2.05) is 13.0 Å². The molecule has 1 aromatic carbocycles. The Kier molecular flexibility index (Phi) is 4.30. The molecule has 0 aliphatic heterocycles. The second kappa shape index (κ2) is 5.95. The Morgan fingerprint density at radius 1 is 1.42 bits per heavy atom. The number of benzene rings is 1. The monoisotopic (exact) mass is 261 g/mol. The third kappa shape index (κ3) is 3.19. The van der Waals surface area contributed by atoms with Gasteiger partial charge < -0.3 is 16.4 Å². The molecule has 4 heteroatoms. The average Bonchev–Trinajstić information content (AvgIpc) is 2.78. The van der Waals surface area contributed by atoms with Crippen molar-refractivity contribution >= 4 is 17.3 Å². The molecule has 4 N–H and O–H groups in total. The number of hydrogen-bond donors (Lipinski definition) is 3. The smallest absolute Gasteiger partial charge is 0.251 e. The Morgan fingerprint density at radius 3 is 2.84 bits per heavy atom. The maximum Gasteiger partial charge on any atom is 0.251 e. The van der Waals surface area contributed by atoms with Gasteiger partial charge in [-0.3, -0.25) is 4.79 Å². The van der Waals surface area contributed by atoms with Gasteiger partial charge in [-0.1, -0.05) is 13.3 Å². The molecule has 2 atom stereocenters. The molecule has 1 aliphatic rings. The molecule has 0 bridgehead atoms. The molecule has 19 heavy (non-hydrogen) atoms. The minimum absolute atomic E-state index is 0.0509. The third-order valence-corrected chi connectivity index (χ3v) is 3.86. The second-order valence-electron chi connectivity index (χ2n) is 5.32. The van der Waals surface area contributed by atoms with Gasteiger partial charge in [-0.15, -0.1) is 0 Å². The lowest BCUT2D eigenvalue weighted by Crippen LogP contribution is -2.24. The summed E-state index contributed by atoms with van der Waals surface area (Å²) < 4.78 is 0. The summed E-state index contributed by atoms with van der Waals surface area (Å²) in [7, 11) is 0. The summed E-state index contributed by atoms with van der Waals surface area (Å²) in [5.41, 5.74) is 8.23. The van der Waals surface area contributed by atoms with Gasteiger partial charge in [0.15, 0.2) is 0 Å². The van der Waals surface area contributed by atoms with Crippen molar-refractivity contribution in [1.29, 1.82) is 0 Å². The van der Waals surface area contributed by atoms with E-state index in [0.717, 1.165) is 5.69 Å². The molecular formula is C15H23N3O. The zero-order chi connectivity index (χ0) is 13.8. The summed E-state index contributed by atoms with van der Waals surface area (Å²) in [5, 5.41) is 6.29. The molecule has 1 aliphatic carbocycles. The lowest BCUT2D eigenvalue weighted by molar-refractivity contribution is 0.0956. The maximum absolute atomic E-state index is 11.8. The van der Waals surface area contributed by atoms with Gasteiger partial charge in [0.05, 0.1) is 11.4 Å². The van der Waals surface area contributed by atoms with Crippen LogP contribution in [-0.4, -0.2) is 18.5 Å². The van der Waals surface area contributed by atoms with E-state index in [2.05, 4.69) is 17.6 Å². The molecule has 0 spiro atoms. The minimum Gasteiger partial charge on any atom is -0.397 e. The summed E-state index contributed by atoms with van der Waals surface area (Å²) in [6.07, 6.45) is 3.69. The number of nitrogens with two attached hydrogens (primary N) is 1. The quantitative estimate of drug-likeness (QED) is 0.730. The van der Waals surface area contributed by atoms with Gasteiger partial charge in [-0.2, -0.15) is 0 Å². The van der Waals surface area contributed by atoms with Gasteiger partial charge in [-0.25, -0.2) is 0 Å². The van der Waals surface area contributed by atoms with Crippen LogP contribution in [0.4, 0.5) is 11.4 Å². The van der Waals surface area contributed by atoms with Crippen LogP contribution in [0.5, 0.6) is 0 Å². The summed E-state index contributed by atoms with van der Waals surface area (Å²) in [6, 6.07) is 5.88. The van der Waals surface area contributed by atoms with Crippen LogP contribution in [0.15, 0.2) is 18.2 Å². The van der Waals surface area contributed by atoms with Crippen LogP contribution in [0.1, 0.15) is 43.5 Å². The van der Waals surface area contributed by atoms with Gasteiger partial charge in [0.25, 0.3) is 5.91 Å². The van der Waals surface area contributed by atoms with Crippen LogP contribution in [0, 0.1) is 5.92 Å². The van der Waals surface area contributed by atoms with Gasteiger partial charge in [0, 0.05) is 18.2 Å². The van der Waals surface area contributed by atoms with E-state index >= 15 is 0 Å². The summed E-state index contributed by atoms with van der Waals surface area (Å²) >= 11 is 0. The van der Waals surface area contributed by atoms with Gasteiger partial charge in [0.1, 0.15) is 0 Å². The highest BCUT2D eigenvalue weighted by Gasteiger charge is 2.23. The molecule has 104 valence electrons. The first kappa shape index (κ1) is 13.7. The highest BCUT2D eigenvalue weighted by molar-refractivity contribution is 5.96. The summed E-state index contributed by atoms with van der Waals surface area (Å²) in [5.74, 6) is 0.609. The normalized spacial score (nSPS) is 22.2. The SMILES string of the molecule is CCNC(=O)c1ccc(N)c(NC2CCCC2C)c1. The van der Waals surface area contributed by atoms with Crippen molar-refractivity contribution in [2.75, 3.05) is 17.6 Å². The Morgan fingerprint density at radius 2 is 2.21 bits per heavy atom. The highest BCUT2D eigenvalue weighted by atomic mass is 16.1. The topological polar surface area (TPSA) is 67.2 Å². The maximum atomic E-state index is 11.8. The van der Waals surface area contributed by atoms with Crippen molar-refractivity contribution in [1.82, 2.24) is 5.32 Å². The predicted octanol–water partition coefficient (Wildman–Crippen LogP) is 2.62. The molecule has 1 amide bonds. The van der Waals surface area contributed by atoms with Crippen LogP contribution < -0.4 is 16.4 Å². The predicted molar refractivity (Wildman–Crippen MR) is 79.3 cm³/mol. The number of nitrogen functional groups attached to an aromatic ring is 1. The molecule has 1 fully saturated rings. The fourth-order valence-electron chi connectivity index (χ4n) is 2.64. The van der Waals surface area contributed by atoms with Crippen molar-refractivity contribution in [3.05, 3.63) is 23.8 Å². The third-order valence-electron chi connectivity index (χ3n) is 3.86. The number of hydrogen-bond acceptors (Lipinski definition) is 3. The van der Waals surface area contributed by atoms with Crippen LogP contribution in [0.3, 0.4) is 0 Å². The number of carbonyl (C=O) groups is 1. The van der Waals surface area contributed by atoms with Crippen molar-refractivity contribution in [2.24, 2.45) is 5.92 Å². The van der Waals surface area contributed by atoms with Crippen molar-refractivity contribution in [3.63, 3.8) is 0 Å². The number of carbonyl (C=O) groups excluding carboxylic acids is 1. The van der Waals surface area contributed by atoms with Crippen LogP contribution in [-0.2, 0) is 0 Å². The summed E-state index contributed by atoms with van der Waals surface area (Å²) in [4.78, 5) is 11.8. The molecular weight excluding hydrogens is 238 g/mol. The van der Waals surface area contributed by atoms with Crippen molar-refractivity contribution in [3.8, 4) is 0 Å². The Labute approximate surface area is 114 Å².